The van der Waals surface area contributed by atoms with Crippen LogP contribution < -0.4 is 10.6 Å². The van der Waals surface area contributed by atoms with Gasteiger partial charge < -0.3 is 10.6 Å². The topological polar surface area (TPSA) is 54.2 Å². The molecule has 0 aromatic carbocycles. The summed E-state index contributed by atoms with van der Waals surface area (Å²) in [5.74, 6) is 1.79. The number of guanidine groups is 1. The SMILES string of the molecule is CN=C(NCCCn1cccn1)NCC1CC1.I. The number of aromatic nitrogens is 2. The molecule has 1 heterocycles. The van der Waals surface area contributed by atoms with Crippen LogP contribution in [0.5, 0.6) is 0 Å². The molecule has 102 valence electrons. The molecule has 0 unspecified atom stereocenters. The largest absolute Gasteiger partial charge is 0.356 e. The highest BCUT2D eigenvalue weighted by atomic mass is 127. The van der Waals surface area contributed by atoms with Gasteiger partial charge in [0.1, 0.15) is 0 Å². The summed E-state index contributed by atoms with van der Waals surface area (Å²) in [4.78, 5) is 4.19. The molecule has 0 radical (unpaired) electrons. The van der Waals surface area contributed by atoms with Crippen molar-refractivity contribution in [3.8, 4) is 0 Å². The molecular formula is C12H22IN5. The third-order valence-electron chi connectivity index (χ3n) is 2.89. The van der Waals surface area contributed by atoms with Crippen LogP contribution in [0.1, 0.15) is 19.3 Å². The molecule has 0 saturated heterocycles. The van der Waals surface area contributed by atoms with E-state index in [-0.39, 0.29) is 24.0 Å². The first-order valence-corrected chi connectivity index (χ1v) is 6.30. The van der Waals surface area contributed by atoms with Gasteiger partial charge in [-0.25, -0.2) is 0 Å². The smallest absolute Gasteiger partial charge is 0.190 e. The Labute approximate surface area is 125 Å². The molecule has 1 saturated carbocycles. The standard InChI is InChI=1S/C12H21N5.HI/c1-13-12(15-10-11-4-5-11)14-6-2-8-17-9-3-7-16-17;/h3,7,9,11H,2,4-6,8,10H2,1H3,(H2,13,14,15);1H. The van der Waals surface area contributed by atoms with Gasteiger partial charge in [0, 0.05) is 39.1 Å². The van der Waals surface area contributed by atoms with Gasteiger partial charge in [-0.05, 0) is 31.2 Å². The number of nitrogens with zero attached hydrogens (tertiary/aromatic N) is 3. The van der Waals surface area contributed by atoms with Crippen molar-refractivity contribution in [2.75, 3.05) is 20.1 Å². The van der Waals surface area contributed by atoms with Crippen LogP contribution in [0, 0.1) is 5.92 Å². The fraction of sp³-hybridized carbons (Fsp3) is 0.667. The second kappa shape index (κ2) is 8.34. The lowest BCUT2D eigenvalue weighted by atomic mass is 10.4. The van der Waals surface area contributed by atoms with E-state index in [0.717, 1.165) is 37.9 Å². The highest BCUT2D eigenvalue weighted by Crippen LogP contribution is 2.27. The number of nitrogens with one attached hydrogen (secondary N) is 2. The molecule has 5 nitrogen and oxygen atoms in total. The van der Waals surface area contributed by atoms with Gasteiger partial charge in [0.2, 0.25) is 0 Å². The highest BCUT2D eigenvalue weighted by molar-refractivity contribution is 14.0. The molecule has 1 aliphatic carbocycles. The van der Waals surface area contributed by atoms with Crippen molar-refractivity contribution < 1.29 is 0 Å². The van der Waals surface area contributed by atoms with Crippen LogP contribution in [-0.4, -0.2) is 35.9 Å². The first kappa shape index (κ1) is 15.3. The minimum Gasteiger partial charge on any atom is -0.356 e. The number of aryl methyl sites for hydroxylation is 1. The maximum atomic E-state index is 4.19. The van der Waals surface area contributed by atoms with Crippen molar-refractivity contribution in [1.82, 2.24) is 20.4 Å². The minimum atomic E-state index is 0. The van der Waals surface area contributed by atoms with Crippen molar-refractivity contribution in [3.63, 3.8) is 0 Å². The Morgan fingerprint density at radius 2 is 2.28 bits per heavy atom. The Kier molecular flexibility index (Phi) is 7.07. The van der Waals surface area contributed by atoms with Crippen LogP contribution in [-0.2, 0) is 6.54 Å². The molecule has 1 aromatic heterocycles. The summed E-state index contributed by atoms with van der Waals surface area (Å²) in [6, 6.07) is 1.95. The summed E-state index contributed by atoms with van der Waals surface area (Å²) in [5.41, 5.74) is 0. The van der Waals surface area contributed by atoms with Crippen LogP contribution in [0.2, 0.25) is 0 Å². The maximum absolute atomic E-state index is 4.19. The van der Waals surface area contributed by atoms with Crippen LogP contribution in [0.15, 0.2) is 23.5 Å². The van der Waals surface area contributed by atoms with Crippen molar-refractivity contribution >= 4 is 29.9 Å². The maximum Gasteiger partial charge on any atom is 0.190 e. The third-order valence-corrected chi connectivity index (χ3v) is 2.89. The van der Waals surface area contributed by atoms with E-state index in [2.05, 4.69) is 20.7 Å². The fourth-order valence-electron chi connectivity index (χ4n) is 1.66. The first-order chi connectivity index (χ1) is 8.38. The number of halogens is 1. The quantitative estimate of drug-likeness (QED) is 0.348. The van der Waals surface area contributed by atoms with Gasteiger partial charge in [0.05, 0.1) is 0 Å². The van der Waals surface area contributed by atoms with Gasteiger partial charge in [-0.15, -0.1) is 24.0 Å². The van der Waals surface area contributed by atoms with Gasteiger partial charge in [-0.2, -0.15) is 5.10 Å². The average Bonchev–Trinajstić information content (AvgIpc) is 3.03. The zero-order chi connectivity index (χ0) is 11.9. The van der Waals surface area contributed by atoms with E-state index in [1.54, 1.807) is 0 Å². The molecule has 18 heavy (non-hydrogen) atoms. The van der Waals surface area contributed by atoms with E-state index in [1.807, 2.05) is 30.2 Å². The number of hydrogen-bond donors (Lipinski definition) is 2. The lowest BCUT2D eigenvalue weighted by molar-refractivity contribution is 0.569. The number of hydrogen-bond acceptors (Lipinski definition) is 2. The first-order valence-electron chi connectivity index (χ1n) is 6.30. The Morgan fingerprint density at radius 3 is 2.89 bits per heavy atom. The normalized spacial score (nSPS) is 15.1. The van der Waals surface area contributed by atoms with E-state index in [0.29, 0.717) is 0 Å². The van der Waals surface area contributed by atoms with E-state index in [1.165, 1.54) is 12.8 Å². The van der Waals surface area contributed by atoms with Gasteiger partial charge >= 0.3 is 0 Å². The summed E-state index contributed by atoms with van der Waals surface area (Å²) in [6.07, 6.45) is 7.57. The molecule has 1 aliphatic rings. The van der Waals surface area contributed by atoms with E-state index in [4.69, 9.17) is 0 Å². The van der Waals surface area contributed by atoms with Crippen LogP contribution >= 0.6 is 24.0 Å². The molecule has 1 fully saturated rings. The summed E-state index contributed by atoms with van der Waals surface area (Å²) >= 11 is 0. The zero-order valence-corrected chi connectivity index (χ0v) is 13.1. The van der Waals surface area contributed by atoms with Crippen molar-refractivity contribution in [1.29, 1.82) is 0 Å². The summed E-state index contributed by atoms with van der Waals surface area (Å²) < 4.78 is 1.95. The molecule has 2 N–H and O–H groups in total. The van der Waals surface area contributed by atoms with Crippen LogP contribution in [0.4, 0.5) is 0 Å². The molecule has 0 spiro atoms. The second-order valence-electron chi connectivity index (χ2n) is 4.45. The number of rotatable bonds is 6. The van der Waals surface area contributed by atoms with Crippen molar-refractivity contribution in [2.45, 2.75) is 25.8 Å². The second-order valence-corrected chi connectivity index (χ2v) is 4.45. The Bertz CT molecular complexity index is 345. The van der Waals surface area contributed by atoms with E-state index >= 15 is 0 Å². The predicted octanol–water partition coefficient (Wildman–Crippen LogP) is 1.47. The molecule has 1 aromatic rings. The van der Waals surface area contributed by atoms with E-state index in [9.17, 15) is 0 Å². The van der Waals surface area contributed by atoms with Crippen LogP contribution in [0.3, 0.4) is 0 Å². The molecular weight excluding hydrogens is 341 g/mol. The number of aliphatic imine (C=N–C) groups is 1. The minimum absolute atomic E-state index is 0. The predicted molar refractivity (Wildman–Crippen MR) is 84.3 cm³/mol. The lowest BCUT2D eigenvalue weighted by Crippen LogP contribution is -2.38. The molecule has 0 amide bonds. The van der Waals surface area contributed by atoms with Crippen molar-refractivity contribution in [2.24, 2.45) is 10.9 Å². The zero-order valence-electron chi connectivity index (χ0n) is 10.8. The van der Waals surface area contributed by atoms with E-state index < -0.39 is 0 Å². The van der Waals surface area contributed by atoms with Gasteiger partial charge in [-0.1, -0.05) is 0 Å². The van der Waals surface area contributed by atoms with Crippen LogP contribution in [0.25, 0.3) is 0 Å². The molecule has 2 rings (SSSR count). The van der Waals surface area contributed by atoms with Gasteiger partial charge in [-0.3, -0.25) is 9.67 Å². The monoisotopic (exact) mass is 363 g/mol. The summed E-state index contributed by atoms with van der Waals surface area (Å²) in [5, 5.41) is 10.8. The molecule has 0 atom stereocenters. The van der Waals surface area contributed by atoms with Crippen molar-refractivity contribution in [3.05, 3.63) is 18.5 Å². The Hall–Kier alpha value is -0.790. The molecule has 0 bridgehead atoms. The Morgan fingerprint density at radius 1 is 1.44 bits per heavy atom. The molecule has 6 heteroatoms. The highest BCUT2D eigenvalue weighted by Gasteiger charge is 2.20. The molecule has 0 aliphatic heterocycles. The fourth-order valence-corrected chi connectivity index (χ4v) is 1.66. The lowest BCUT2D eigenvalue weighted by Gasteiger charge is -2.11. The summed E-state index contributed by atoms with van der Waals surface area (Å²) in [7, 11) is 1.82. The third kappa shape index (κ3) is 5.70. The summed E-state index contributed by atoms with van der Waals surface area (Å²) in [6.45, 7) is 2.92. The van der Waals surface area contributed by atoms with Gasteiger partial charge in [0.15, 0.2) is 5.96 Å². The average molecular weight is 363 g/mol. The van der Waals surface area contributed by atoms with Gasteiger partial charge in [0.25, 0.3) is 0 Å². The Balaban J connectivity index is 0.00000162.